The molecule has 0 amide bonds. The van der Waals surface area contributed by atoms with E-state index in [1.54, 1.807) is 24.5 Å². The second-order valence-electron chi connectivity index (χ2n) is 3.65. The van der Waals surface area contributed by atoms with Crippen LogP contribution in [0.15, 0.2) is 42.7 Å². The summed E-state index contributed by atoms with van der Waals surface area (Å²) in [6, 6.07) is 9.25. The maximum Gasteiger partial charge on any atom is 0.119 e. The van der Waals surface area contributed by atoms with E-state index in [-0.39, 0.29) is 0 Å². The van der Waals surface area contributed by atoms with Crippen molar-refractivity contribution < 1.29 is 4.74 Å². The zero-order valence-electron chi connectivity index (χ0n) is 9.27. The van der Waals surface area contributed by atoms with Crippen LogP contribution in [0.1, 0.15) is 11.1 Å². The Hall–Kier alpha value is -1.58. The van der Waals surface area contributed by atoms with Gasteiger partial charge in [-0.1, -0.05) is 11.6 Å². The number of benzene rings is 1. The summed E-state index contributed by atoms with van der Waals surface area (Å²) >= 11 is 5.79. The first kappa shape index (κ1) is 11.9. The van der Waals surface area contributed by atoms with Crippen molar-refractivity contribution in [1.82, 2.24) is 4.98 Å². The Morgan fingerprint density at radius 2 is 1.82 bits per heavy atom. The number of aromatic nitrogens is 1. The largest absolute Gasteiger partial charge is 0.489 e. The molecule has 0 saturated carbocycles. The van der Waals surface area contributed by atoms with Crippen molar-refractivity contribution in [1.29, 1.82) is 0 Å². The van der Waals surface area contributed by atoms with Crippen molar-refractivity contribution in [2.24, 2.45) is 5.73 Å². The molecule has 0 unspecified atom stereocenters. The predicted octanol–water partition coefficient (Wildman–Crippen LogP) is 2.77. The fourth-order valence-corrected chi connectivity index (χ4v) is 1.56. The lowest BCUT2D eigenvalue weighted by Gasteiger charge is -2.06. The Morgan fingerprint density at radius 1 is 1.12 bits per heavy atom. The van der Waals surface area contributed by atoms with Gasteiger partial charge in [0.1, 0.15) is 12.4 Å². The number of halogens is 1. The summed E-state index contributed by atoms with van der Waals surface area (Å²) in [5.74, 6) is 0.785. The Balaban J connectivity index is 1.99. The molecule has 88 valence electrons. The third-order valence-corrected chi connectivity index (χ3v) is 2.56. The molecule has 2 rings (SSSR count). The molecule has 0 spiro atoms. The predicted molar refractivity (Wildman–Crippen MR) is 67.9 cm³/mol. The Labute approximate surface area is 105 Å². The molecule has 2 N–H and O–H groups in total. The van der Waals surface area contributed by atoms with Crippen LogP contribution in [0.3, 0.4) is 0 Å². The van der Waals surface area contributed by atoms with Crippen molar-refractivity contribution in [3.63, 3.8) is 0 Å². The van der Waals surface area contributed by atoms with E-state index in [2.05, 4.69) is 4.98 Å². The molecule has 1 aromatic carbocycles. The summed E-state index contributed by atoms with van der Waals surface area (Å²) in [6.07, 6.45) is 3.53. The van der Waals surface area contributed by atoms with Gasteiger partial charge in [0, 0.05) is 29.5 Å². The van der Waals surface area contributed by atoms with E-state index in [0.717, 1.165) is 16.9 Å². The highest BCUT2D eigenvalue weighted by Crippen LogP contribution is 2.16. The maximum atomic E-state index is 5.79. The number of pyridine rings is 1. The highest BCUT2D eigenvalue weighted by atomic mass is 35.5. The van der Waals surface area contributed by atoms with Crippen LogP contribution in [0.25, 0.3) is 0 Å². The van der Waals surface area contributed by atoms with Gasteiger partial charge in [-0.25, -0.2) is 0 Å². The normalized spacial score (nSPS) is 10.2. The van der Waals surface area contributed by atoms with E-state index in [9.17, 15) is 0 Å². The number of ether oxygens (including phenoxy) is 1. The fourth-order valence-electron chi connectivity index (χ4n) is 1.43. The molecule has 0 saturated heterocycles. The summed E-state index contributed by atoms with van der Waals surface area (Å²) in [7, 11) is 0. The van der Waals surface area contributed by atoms with Crippen molar-refractivity contribution in [3.8, 4) is 5.75 Å². The van der Waals surface area contributed by atoms with Crippen LogP contribution in [-0.2, 0) is 13.2 Å². The van der Waals surface area contributed by atoms with Crippen molar-refractivity contribution >= 4 is 11.6 Å². The van der Waals surface area contributed by atoms with Crippen LogP contribution in [0.5, 0.6) is 5.75 Å². The Bertz CT molecular complexity index is 485. The highest BCUT2D eigenvalue weighted by Gasteiger charge is 1.98. The molecule has 0 radical (unpaired) electrons. The molecule has 3 nitrogen and oxygen atoms in total. The van der Waals surface area contributed by atoms with Gasteiger partial charge in [0.25, 0.3) is 0 Å². The molecular formula is C13H13ClN2O. The topological polar surface area (TPSA) is 48.1 Å². The van der Waals surface area contributed by atoms with Crippen LogP contribution in [0.4, 0.5) is 0 Å². The SMILES string of the molecule is NCc1cncc(COc2ccc(Cl)cc2)c1. The average Bonchev–Trinajstić information content (AvgIpc) is 2.38. The molecule has 0 aliphatic carbocycles. The van der Waals surface area contributed by atoms with E-state index in [0.29, 0.717) is 18.2 Å². The minimum Gasteiger partial charge on any atom is -0.489 e. The van der Waals surface area contributed by atoms with Gasteiger partial charge in [0.2, 0.25) is 0 Å². The van der Waals surface area contributed by atoms with Gasteiger partial charge < -0.3 is 10.5 Å². The number of rotatable bonds is 4. The lowest BCUT2D eigenvalue weighted by atomic mass is 10.2. The Kier molecular flexibility index (Phi) is 3.96. The van der Waals surface area contributed by atoms with E-state index in [4.69, 9.17) is 22.1 Å². The van der Waals surface area contributed by atoms with Crippen LogP contribution in [0.2, 0.25) is 5.02 Å². The summed E-state index contributed by atoms with van der Waals surface area (Å²) in [5.41, 5.74) is 7.55. The van der Waals surface area contributed by atoms with Gasteiger partial charge in [0.05, 0.1) is 0 Å². The zero-order valence-corrected chi connectivity index (χ0v) is 10.0. The van der Waals surface area contributed by atoms with E-state index >= 15 is 0 Å². The van der Waals surface area contributed by atoms with Gasteiger partial charge in [-0.2, -0.15) is 0 Å². The summed E-state index contributed by atoms with van der Waals surface area (Å²) in [5, 5.41) is 0.698. The molecule has 0 atom stereocenters. The zero-order chi connectivity index (χ0) is 12.1. The summed E-state index contributed by atoms with van der Waals surface area (Å²) in [6.45, 7) is 0.963. The second-order valence-corrected chi connectivity index (χ2v) is 4.08. The number of hydrogen-bond donors (Lipinski definition) is 1. The molecule has 4 heteroatoms. The fraction of sp³-hybridized carbons (Fsp3) is 0.154. The monoisotopic (exact) mass is 248 g/mol. The number of nitrogens with two attached hydrogens (primary N) is 1. The van der Waals surface area contributed by atoms with Gasteiger partial charge in [-0.05, 0) is 35.9 Å². The second kappa shape index (κ2) is 5.66. The smallest absolute Gasteiger partial charge is 0.119 e. The average molecular weight is 249 g/mol. The lowest BCUT2D eigenvalue weighted by Crippen LogP contribution is -2.01. The molecule has 1 heterocycles. The Morgan fingerprint density at radius 3 is 2.53 bits per heavy atom. The summed E-state index contributed by atoms with van der Waals surface area (Å²) < 4.78 is 5.61. The molecule has 0 aliphatic rings. The van der Waals surface area contributed by atoms with Crippen LogP contribution in [-0.4, -0.2) is 4.98 Å². The van der Waals surface area contributed by atoms with Gasteiger partial charge in [-0.3, -0.25) is 4.98 Å². The number of hydrogen-bond acceptors (Lipinski definition) is 3. The first-order valence-electron chi connectivity index (χ1n) is 5.29. The molecular weight excluding hydrogens is 236 g/mol. The first-order chi connectivity index (χ1) is 8.28. The van der Waals surface area contributed by atoms with Crippen LogP contribution >= 0.6 is 11.6 Å². The van der Waals surface area contributed by atoms with Crippen molar-refractivity contribution in [2.75, 3.05) is 0 Å². The van der Waals surface area contributed by atoms with Gasteiger partial charge in [-0.15, -0.1) is 0 Å². The van der Waals surface area contributed by atoms with Crippen molar-refractivity contribution in [2.45, 2.75) is 13.2 Å². The molecule has 0 bridgehead atoms. The minimum absolute atomic E-state index is 0.475. The van der Waals surface area contributed by atoms with Gasteiger partial charge in [0.15, 0.2) is 0 Å². The molecule has 0 aliphatic heterocycles. The lowest BCUT2D eigenvalue weighted by molar-refractivity contribution is 0.305. The third kappa shape index (κ3) is 3.44. The summed E-state index contributed by atoms with van der Waals surface area (Å²) in [4.78, 5) is 4.10. The first-order valence-corrected chi connectivity index (χ1v) is 5.67. The van der Waals surface area contributed by atoms with E-state index in [1.807, 2.05) is 18.2 Å². The quantitative estimate of drug-likeness (QED) is 0.905. The van der Waals surface area contributed by atoms with E-state index < -0.39 is 0 Å². The highest BCUT2D eigenvalue weighted by molar-refractivity contribution is 6.30. The maximum absolute atomic E-state index is 5.79. The van der Waals surface area contributed by atoms with Crippen LogP contribution < -0.4 is 10.5 Å². The molecule has 2 aromatic rings. The van der Waals surface area contributed by atoms with Crippen LogP contribution in [0, 0.1) is 0 Å². The van der Waals surface area contributed by atoms with E-state index in [1.165, 1.54) is 0 Å². The van der Waals surface area contributed by atoms with Crippen molar-refractivity contribution in [3.05, 3.63) is 58.9 Å². The number of nitrogens with zero attached hydrogens (tertiary/aromatic N) is 1. The molecule has 1 aromatic heterocycles. The molecule has 17 heavy (non-hydrogen) atoms. The standard InChI is InChI=1S/C13H13ClN2O/c14-12-1-3-13(4-2-12)17-9-11-5-10(6-15)7-16-8-11/h1-5,7-8H,6,9,15H2. The van der Waals surface area contributed by atoms with Gasteiger partial charge >= 0.3 is 0 Å². The molecule has 0 fully saturated rings. The minimum atomic E-state index is 0.475. The third-order valence-electron chi connectivity index (χ3n) is 2.31.